The van der Waals surface area contributed by atoms with Crippen molar-refractivity contribution >= 4 is 33.5 Å². The number of piperazine rings is 1. The maximum atomic E-state index is 6.80. The Morgan fingerprint density at radius 1 is 1.17 bits per heavy atom. The molecule has 2 N–H and O–H groups in total. The second-order valence-corrected chi connectivity index (χ2v) is 8.08. The van der Waals surface area contributed by atoms with Gasteiger partial charge in [-0.15, -0.1) is 0 Å². The van der Waals surface area contributed by atoms with Gasteiger partial charge in [-0.05, 0) is 31.5 Å². The number of aromatic nitrogens is 4. The van der Waals surface area contributed by atoms with Gasteiger partial charge in [0.25, 0.3) is 0 Å². The molecular weight excluding hydrogens is 384 g/mol. The third-order valence-electron chi connectivity index (χ3n) is 5.83. The Bertz CT molecular complexity index is 1190. The van der Waals surface area contributed by atoms with Crippen molar-refractivity contribution in [3.05, 3.63) is 46.9 Å². The maximum Gasteiger partial charge on any atom is 0.0961 e. The first-order valence-corrected chi connectivity index (χ1v) is 10.6. The van der Waals surface area contributed by atoms with Crippen LogP contribution < -0.4 is 5.32 Å². The summed E-state index contributed by atoms with van der Waals surface area (Å²) in [5.41, 5.74) is 7.32. The number of hydrogen-bond donors (Lipinski definition) is 2. The topological polar surface area (TPSA) is 61.8 Å². The molecule has 3 aromatic heterocycles. The Labute approximate surface area is 174 Å². The number of H-pyrrole nitrogens is 1. The van der Waals surface area contributed by atoms with Crippen LogP contribution in [0.4, 0.5) is 0 Å². The van der Waals surface area contributed by atoms with Gasteiger partial charge in [-0.3, -0.25) is 14.6 Å². The van der Waals surface area contributed by atoms with Gasteiger partial charge >= 0.3 is 0 Å². The van der Waals surface area contributed by atoms with Crippen LogP contribution in [-0.4, -0.2) is 50.8 Å². The first-order valence-electron chi connectivity index (χ1n) is 10.2. The minimum absolute atomic E-state index is 0.729. The van der Waals surface area contributed by atoms with Gasteiger partial charge in [-0.2, -0.15) is 5.10 Å². The summed E-state index contributed by atoms with van der Waals surface area (Å²) < 4.78 is 1.92. The SMILES string of the molecule is CCn1cc2c(Cl)c(-c3c[nH]c4cc(CN5CCNCC5)c(C)nc34)ccc2n1. The minimum Gasteiger partial charge on any atom is -0.359 e. The average Bonchev–Trinajstić information content (AvgIpc) is 3.34. The lowest BCUT2D eigenvalue weighted by molar-refractivity contribution is 0.232. The molecule has 0 aliphatic carbocycles. The fourth-order valence-electron chi connectivity index (χ4n) is 4.13. The van der Waals surface area contributed by atoms with E-state index in [-0.39, 0.29) is 0 Å². The van der Waals surface area contributed by atoms with E-state index < -0.39 is 0 Å². The number of aryl methyl sites for hydroxylation is 2. The fraction of sp³-hybridized carbons (Fsp3) is 0.364. The molecule has 1 fully saturated rings. The standard InChI is InChI=1S/C22H25ClN6/c1-3-29-13-18-19(27-29)5-4-16(21(18)23)17-11-25-20-10-15(14(2)26-22(17)20)12-28-8-6-24-7-9-28/h4-5,10-11,13,24-25H,3,6-9,12H2,1-2H3. The van der Waals surface area contributed by atoms with E-state index in [0.29, 0.717) is 0 Å². The van der Waals surface area contributed by atoms with Crippen LogP contribution in [0.2, 0.25) is 5.02 Å². The van der Waals surface area contributed by atoms with Crippen molar-refractivity contribution in [1.82, 2.24) is 30.0 Å². The number of benzene rings is 1. The van der Waals surface area contributed by atoms with Gasteiger partial charge in [-0.25, -0.2) is 0 Å². The number of nitrogens with zero attached hydrogens (tertiary/aromatic N) is 4. The monoisotopic (exact) mass is 408 g/mol. The van der Waals surface area contributed by atoms with E-state index in [9.17, 15) is 0 Å². The van der Waals surface area contributed by atoms with Gasteiger partial charge in [0.1, 0.15) is 0 Å². The summed E-state index contributed by atoms with van der Waals surface area (Å²) in [6.07, 6.45) is 4.03. The lowest BCUT2D eigenvalue weighted by Gasteiger charge is -2.27. The summed E-state index contributed by atoms with van der Waals surface area (Å²) in [5, 5.41) is 9.67. The predicted octanol–water partition coefficient (Wildman–Crippen LogP) is 3.97. The molecule has 0 saturated carbocycles. The second kappa shape index (κ2) is 7.44. The zero-order valence-electron chi connectivity index (χ0n) is 16.8. The van der Waals surface area contributed by atoms with Crippen molar-refractivity contribution in [2.45, 2.75) is 26.9 Å². The normalized spacial score (nSPS) is 15.6. The number of fused-ring (bicyclic) bond motifs is 2. The molecule has 0 spiro atoms. The summed E-state index contributed by atoms with van der Waals surface area (Å²) in [7, 11) is 0. The highest BCUT2D eigenvalue weighted by molar-refractivity contribution is 6.38. The van der Waals surface area contributed by atoms with Crippen LogP contribution >= 0.6 is 11.6 Å². The number of aromatic amines is 1. The molecule has 1 aromatic carbocycles. The largest absolute Gasteiger partial charge is 0.359 e. The van der Waals surface area contributed by atoms with Crippen LogP contribution in [0.3, 0.4) is 0 Å². The van der Waals surface area contributed by atoms with Gasteiger partial charge in [0.05, 0.1) is 21.6 Å². The van der Waals surface area contributed by atoms with E-state index in [1.54, 1.807) is 0 Å². The number of rotatable bonds is 4. The molecule has 0 radical (unpaired) electrons. The van der Waals surface area contributed by atoms with Crippen LogP contribution in [0.15, 0.2) is 30.6 Å². The van der Waals surface area contributed by atoms with Crippen LogP contribution in [-0.2, 0) is 13.1 Å². The molecule has 7 heteroatoms. The molecule has 0 unspecified atom stereocenters. The number of nitrogens with one attached hydrogen (secondary N) is 2. The highest BCUT2D eigenvalue weighted by atomic mass is 35.5. The van der Waals surface area contributed by atoms with Crippen LogP contribution in [0.25, 0.3) is 33.1 Å². The Balaban J connectivity index is 1.55. The van der Waals surface area contributed by atoms with Crippen LogP contribution in [0.1, 0.15) is 18.2 Å². The van der Waals surface area contributed by atoms with Crippen molar-refractivity contribution in [2.75, 3.05) is 26.2 Å². The predicted molar refractivity (Wildman–Crippen MR) is 118 cm³/mol. The molecule has 5 rings (SSSR count). The molecule has 4 aromatic rings. The van der Waals surface area contributed by atoms with E-state index in [0.717, 1.165) is 83.0 Å². The van der Waals surface area contributed by atoms with Crippen molar-refractivity contribution in [1.29, 1.82) is 0 Å². The lowest BCUT2D eigenvalue weighted by Crippen LogP contribution is -2.43. The molecule has 4 heterocycles. The Kier molecular flexibility index (Phi) is 4.78. The number of pyridine rings is 1. The van der Waals surface area contributed by atoms with Gasteiger partial charge in [-0.1, -0.05) is 17.7 Å². The van der Waals surface area contributed by atoms with E-state index in [2.05, 4.69) is 40.2 Å². The van der Waals surface area contributed by atoms with E-state index >= 15 is 0 Å². The molecule has 0 bridgehead atoms. The molecule has 0 atom stereocenters. The summed E-state index contributed by atoms with van der Waals surface area (Å²) in [4.78, 5) is 10.9. The smallest absolute Gasteiger partial charge is 0.0961 e. The Hall–Kier alpha value is -2.41. The minimum atomic E-state index is 0.729. The third-order valence-corrected chi connectivity index (χ3v) is 6.24. The number of hydrogen-bond acceptors (Lipinski definition) is 4. The molecule has 0 amide bonds. The van der Waals surface area contributed by atoms with Crippen LogP contribution in [0.5, 0.6) is 0 Å². The molecule has 1 saturated heterocycles. The Morgan fingerprint density at radius 3 is 2.79 bits per heavy atom. The molecular formula is C22H25ClN6. The molecule has 29 heavy (non-hydrogen) atoms. The van der Waals surface area contributed by atoms with Crippen molar-refractivity contribution < 1.29 is 0 Å². The van der Waals surface area contributed by atoms with Gasteiger partial charge in [0.2, 0.25) is 0 Å². The molecule has 150 valence electrons. The average molecular weight is 409 g/mol. The first kappa shape index (κ1) is 18.6. The van der Waals surface area contributed by atoms with Crippen molar-refractivity contribution in [3.63, 3.8) is 0 Å². The summed E-state index contributed by atoms with van der Waals surface area (Å²) >= 11 is 6.80. The highest BCUT2D eigenvalue weighted by Crippen LogP contribution is 2.37. The van der Waals surface area contributed by atoms with Crippen LogP contribution in [0, 0.1) is 6.92 Å². The van der Waals surface area contributed by atoms with Crippen molar-refractivity contribution in [3.8, 4) is 11.1 Å². The van der Waals surface area contributed by atoms with E-state index in [1.165, 1.54) is 5.56 Å². The molecule has 1 aliphatic heterocycles. The highest BCUT2D eigenvalue weighted by Gasteiger charge is 2.17. The first-order chi connectivity index (χ1) is 14.1. The zero-order chi connectivity index (χ0) is 20.0. The van der Waals surface area contributed by atoms with Gasteiger partial charge in [0.15, 0.2) is 0 Å². The van der Waals surface area contributed by atoms with E-state index in [4.69, 9.17) is 16.6 Å². The third kappa shape index (κ3) is 3.31. The van der Waals surface area contributed by atoms with Crippen molar-refractivity contribution in [2.24, 2.45) is 0 Å². The summed E-state index contributed by atoms with van der Waals surface area (Å²) in [6, 6.07) is 6.32. The Morgan fingerprint density at radius 2 is 2.00 bits per heavy atom. The van der Waals surface area contributed by atoms with Gasteiger partial charge in [0, 0.05) is 73.9 Å². The number of halogens is 1. The van der Waals surface area contributed by atoms with E-state index in [1.807, 2.05) is 29.2 Å². The molecule has 6 nitrogen and oxygen atoms in total. The zero-order valence-corrected chi connectivity index (χ0v) is 17.6. The van der Waals surface area contributed by atoms with Gasteiger partial charge < -0.3 is 10.3 Å². The fourth-order valence-corrected chi connectivity index (χ4v) is 4.45. The lowest BCUT2D eigenvalue weighted by atomic mass is 10.0. The summed E-state index contributed by atoms with van der Waals surface area (Å²) in [6.45, 7) is 10.2. The second-order valence-electron chi connectivity index (χ2n) is 7.70. The maximum absolute atomic E-state index is 6.80. The quantitative estimate of drug-likeness (QED) is 0.536. The molecule has 1 aliphatic rings. The summed E-state index contributed by atoms with van der Waals surface area (Å²) in [5.74, 6) is 0.